The first-order valence-corrected chi connectivity index (χ1v) is 9.85. The van der Waals surface area contributed by atoms with E-state index in [9.17, 15) is 14.7 Å². The van der Waals surface area contributed by atoms with Crippen LogP contribution in [0.3, 0.4) is 0 Å². The maximum absolute atomic E-state index is 12.1. The second kappa shape index (κ2) is 9.38. The lowest BCUT2D eigenvalue weighted by Gasteiger charge is -2.35. The van der Waals surface area contributed by atoms with Crippen LogP contribution in [-0.4, -0.2) is 61.2 Å². The smallest absolute Gasteiger partial charge is 0.321 e. The van der Waals surface area contributed by atoms with Gasteiger partial charge in [-0.1, -0.05) is 18.2 Å². The molecular weight excluding hydrogens is 364 g/mol. The molecule has 27 heavy (non-hydrogen) atoms. The van der Waals surface area contributed by atoms with Crippen molar-refractivity contribution < 1.29 is 14.7 Å². The molecule has 1 aromatic carbocycles. The Balaban J connectivity index is 1.35. The zero-order chi connectivity index (χ0) is 19.1. The molecule has 1 aromatic heterocycles. The third kappa shape index (κ3) is 5.70. The molecule has 144 valence electrons. The van der Waals surface area contributed by atoms with Crippen molar-refractivity contribution in [2.75, 3.05) is 44.2 Å². The number of hydrogen-bond acceptors (Lipinski definition) is 6. The van der Waals surface area contributed by atoms with E-state index in [0.29, 0.717) is 19.6 Å². The summed E-state index contributed by atoms with van der Waals surface area (Å²) in [5.74, 6) is -0.0393. The molecule has 1 aliphatic rings. The molecule has 0 bridgehead atoms. The van der Waals surface area contributed by atoms with Crippen molar-refractivity contribution in [2.45, 2.75) is 6.42 Å². The zero-order valence-corrected chi connectivity index (χ0v) is 15.9. The first kappa shape index (κ1) is 19.2. The maximum Gasteiger partial charge on any atom is 0.321 e. The van der Waals surface area contributed by atoms with E-state index in [4.69, 9.17) is 0 Å². The van der Waals surface area contributed by atoms with E-state index in [1.54, 1.807) is 23.5 Å². The topological polar surface area (TPSA) is 84.9 Å². The molecule has 8 heteroatoms. The van der Waals surface area contributed by atoms with Gasteiger partial charge in [-0.3, -0.25) is 15.0 Å². The van der Waals surface area contributed by atoms with E-state index in [2.05, 4.69) is 15.5 Å². The second-order valence-electron chi connectivity index (χ2n) is 6.39. The number of amides is 3. The zero-order valence-electron chi connectivity index (χ0n) is 15.1. The van der Waals surface area contributed by atoms with Crippen LogP contribution >= 0.6 is 11.3 Å². The molecule has 2 aromatic rings. The van der Waals surface area contributed by atoms with Gasteiger partial charge in [0.05, 0.1) is 12.2 Å². The highest BCUT2D eigenvalue weighted by Crippen LogP contribution is 2.27. The van der Waals surface area contributed by atoms with Crippen LogP contribution in [0.4, 0.5) is 10.5 Å². The Bertz CT molecular complexity index is 758. The van der Waals surface area contributed by atoms with Gasteiger partial charge in [-0.2, -0.15) is 0 Å². The summed E-state index contributed by atoms with van der Waals surface area (Å²) >= 11 is 1.65. The standard InChI is InChI=1S/C19H24N4O3S/c24-17-6-2-1-5-16(17)23-11-9-22(10-12-23)14-18(25)21-19(26)20-8-7-15-4-3-13-27-15/h1-6,13,24H,7-12,14H2,(H2,20,21,25,26). The Hall–Kier alpha value is -2.58. The summed E-state index contributed by atoms with van der Waals surface area (Å²) in [5.41, 5.74) is 0.812. The highest BCUT2D eigenvalue weighted by atomic mass is 32.1. The number of anilines is 1. The number of piperazine rings is 1. The molecular formula is C19H24N4O3S. The van der Waals surface area contributed by atoms with Gasteiger partial charge < -0.3 is 15.3 Å². The molecule has 3 rings (SSSR count). The van der Waals surface area contributed by atoms with Gasteiger partial charge in [-0.05, 0) is 30.0 Å². The monoisotopic (exact) mass is 388 g/mol. The highest BCUT2D eigenvalue weighted by Gasteiger charge is 2.21. The van der Waals surface area contributed by atoms with Gasteiger partial charge in [0.25, 0.3) is 0 Å². The number of para-hydroxylation sites is 2. The molecule has 0 aliphatic carbocycles. The van der Waals surface area contributed by atoms with Crippen LogP contribution in [0, 0.1) is 0 Å². The number of benzene rings is 1. The van der Waals surface area contributed by atoms with Crippen LogP contribution < -0.4 is 15.5 Å². The SMILES string of the molecule is O=C(CN1CCN(c2ccccc2O)CC1)NC(=O)NCCc1cccs1. The van der Waals surface area contributed by atoms with Crippen molar-refractivity contribution in [3.8, 4) is 5.75 Å². The molecule has 0 radical (unpaired) electrons. The van der Waals surface area contributed by atoms with Crippen molar-refractivity contribution in [1.82, 2.24) is 15.5 Å². The summed E-state index contributed by atoms with van der Waals surface area (Å²) < 4.78 is 0. The number of aromatic hydroxyl groups is 1. The van der Waals surface area contributed by atoms with E-state index in [0.717, 1.165) is 25.2 Å². The molecule has 1 aliphatic heterocycles. The average Bonchev–Trinajstić information content (AvgIpc) is 3.16. The van der Waals surface area contributed by atoms with E-state index in [1.165, 1.54) is 4.88 Å². The fourth-order valence-electron chi connectivity index (χ4n) is 3.05. The largest absolute Gasteiger partial charge is 0.506 e. The summed E-state index contributed by atoms with van der Waals surface area (Å²) in [4.78, 5) is 29.2. The minimum absolute atomic E-state index is 0.187. The number of carbonyl (C=O) groups excluding carboxylic acids is 2. The molecule has 1 saturated heterocycles. The van der Waals surface area contributed by atoms with Crippen LogP contribution in [-0.2, 0) is 11.2 Å². The van der Waals surface area contributed by atoms with Gasteiger partial charge in [0.2, 0.25) is 5.91 Å². The van der Waals surface area contributed by atoms with Crippen LogP contribution in [0.2, 0.25) is 0 Å². The number of nitrogens with one attached hydrogen (secondary N) is 2. The van der Waals surface area contributed by atoms with E-state index in [-0.39, 0.29) is 18.2 Å². The number of imide groups is 1. The number of rotatable bonds is 6. The van der Waals surface area contributed by atoms with Gasteiger partial charge in [0.1, 0.15) is 5.75 Å². The molecule has 0 unspecified atom stereocenters. The average molecular weight is 388 g/mol. The van der Waals surface area contributed by atoms with Crippen LogP contribution in [0.5, 0.6) is 5.75 Å². The van der Waals surface area contributed by atoms with Crippen LogP contribution in [0.15, 0.2) is 41.8 Å². The molecule has 0 saturated carbocycles. The molecule has 0 spiro atoms. The second-order valence-corrected chi connectivity index (χ2v) is 7.42. The Morgan fingerprint density at radius 1 is 1.07 bits per heavy atom. The Morgan fingerprint density at radius 3 is 2.56 bits per heavy atom. The van der Waals surface area contributed by atoms with Crippen molar-refractivity contribution in [3.63, 3.8) is 0 Å². The van der Waals surface area contributed by atoms with Gasteiger partial charge in [-0.15, -0.1) is 11.3 Å². The predicted molar refractivity (Wildman–Crippen MR) is 106 cm³/mol. The Labute approximate surface area is 162 Å². The first-order valence-electron chi connectivity index (χ1n) is 8.97. The normalized spacial score (nSPS) is 14.7. The number of thiophene rings is 1. The van der Waals surface area contributed by atoms with Crippen molar-refractivity contribution >= 4 is 29.0 Å². The third-order valence-corrected chi connectivity index (χ3v) is 5.39. The molecule has 0 atom stereocenters. The van der Waals surface area contributed by atoms with E-state index >= 15 is 0 Å². The highest BCUT2D eigenvalue weighted by molar-refractivity contribution is 7.09. The van der Waals surface area contributed by atoms with Crippen molar-refractivity contribution in [3.05, 3.63) is 46.7 Å². The maximum atomic E-state index is 12.1. The molecule has 3 amide bonds. The number of phenols is 1. The lowest BCUT2D eigenvalue weighted by molar-refractivity contribution is -0.121. The van der Waals surface area contributed by atoms with Crippen LogP contribution in [0.1, 0.15) is 4.88 Å². The van der Waals surface area contributed by atoms with E-state index < -0.39 is 6.03 Å². The summed E-state index contributed by atoms with van der Waals surface area (Å²) in [7, 11) is 0. The summed E-state index contributed by atoms with van der Waals surface area (Å²) in [6.45, 7) is 3.52. The minimum Gasteiger partial charge on any atom is -0.506 e. The quantitative estimate of drug-likeness (QED) is 0.701. The third-order valence-electron chi connectivity index (χ3n) is 4.45. The number of nitrogens with zero attached hydrogens (tertiary/aromatic N) is 2. The summed E-state index contributed by atoms with van der Waals surface area (Å²) in [6.07, 6.45) is 0.758. The number of hydrogen-bond donors (Lipinski definition) is 3. The number of urea groups is 1. The van der Waals surface area contributed by atoms with Crippen molar-refractivity contribution in [2.24, 2.45) is 0 Å². The molecule has 2 heterocycles. The van der Waals surface area contributed by atoms with Gasteiger partial charge >= 0.3 is 6.03 Å². The Kier molecular flexibility index (Phi) is 6.67. The fourth-order valence-corrected chi connectivity index (χ4v) is 3.75. The Morgan fingerprint density at radius 2 is 1.85 bits per heavy atom. The van der Waals surface area contributed by atoms with Crippen LogP contribution in [0.25, 0.3) is 0 Å². The van der Waals surface area contributed by atoms with Crippen molar-refractivity contribution in [1.29, 1.82) is 0 Å². The fraction of sp³-hybridized carbons (Fsp3) is 0.368. The summed E-state index contributed by atoms with van der Waals surface area (Å²) in [5, 5.41) is 17.0. The van der Waals surface area contributed by atoms with Gasteiger partial charge in [0, 0.05) is 37.6 Å². The number of phenolic OH excluding ortho intramolecular Hbond substituents is 1. The minimum atomic E-state index is -0.454. The molecule has 1 fully saturated rings. The predicted octanol–water partition coefficient (Wildman–Crippen LogP) is 1.64. The molecule has 3 N–H and O–H groups in total. The first-order chi connectivity index (χ1) is 13.1. The van der Waals surface area contributed by atoms with Gasteiger partial charge in [-0.25, -0.2) is 4.79 Å². The molecule has 7 nitrogen and oxygen atoms in total. The summed E-state index contributed by atoms with van der Waals surface area (Å²) in [6, 6.07) is 10.8. The lowest BCUT2D eigenvalue weighted by atomic mass is 10.2. The number of carbonyl (C=O) groups is 2. The van der Waals surface area contributed by atoms with E-state index in [1.807, 2.05) is 34.5 Å². The lowest BCUT2D eigenvalue weighted by Crippen LogP contribution is -2.51. The van der Waals surface area contributed by atoms with Gasteiger partial charge in [0.15, 0.2) is 0 Å².